The second-order valence-corrected chi connectivity index (χ2v) is 20.5. The molecule has 3 aliphatic rings. The fourth-order valence-electron chi connectivity index (χ4n) is 8.72. The third-order valence-corrected chi connectivity index (χ3v) is 14.8. The van der Waals surface area contributed by atoms with Gasteiger partial charge in [-0.05, 0) is 84.8 Å². The number of para-hydroxylation sites is 1. The molecular formula is C49H52N8O9S2. The Hall–Kier alpha value is -6.64. The van der Waals surface area contributed by atoms with Gasteiger partial charge in [-0.3, -0.25) is 24.6 Å². The van der Waals surface area contributed by atoms with E-state index >= 15 is 0 Å². The number of rotatable bonds is 15. The summed E-state index contributed by atoms with van der Waals surface area (Å²) in [6.45, 7) is 9.69. The maximum Gasteiger partial charge on any atom is 0.293 e. The highest BCUT2D eigenvalue weighted by molar-refractivity contribution is 7.90. The van der Waals surface area contributed by atoms with E-state index in [2.05, 4.69) is 49.0 Å². The second-order valence-electron chi connectivity index (χ2n) is 17.9. The first kappa shape index (κ1) is 46.5. The van der Waals surface area contributed by atoms with Crippen molar-refractivity contribution in [2.45, 2.75) is 44.1 Å². The van der Waals surface area contributed by atoms with Crippen LogP contribution in [0.15, 0.2) is 113 Å². The van der Waals surface area contributed by atoms with Gasteiger partial charge in [0.2, 0.25) is 0 Å². The highest BCUT2D eigenvalue weighted by Gasteiger charge is 2.31. The summed E-state index contributed by atoms with van der Waals surface area (Å²) in [5, 5.41) is 20.8. The number of allylic oxidation sites excluding steroid dienone is 1. The third kappa shape index (κ3) is 10.9. The molecule has 3 aromatic carbocycles. The molecule has 5 heterocycles. The van der Waals surface area contributed by atoms with E-state index in [1.807, 2.05) is 47.8 Å². The highest BCUT2D eigenvalue weighted by atomic mass is 32.2. The number of hydrogen-bond donors (Lipinski definition) is 4. The molecule has 1 atom stereocenters. The molecule has 0 saturated carbocycles. The third-order valence-electron chi connectivity index (χ3n) is 12.4. The number of aromatic amines is 1. The lowest BCUT2D eigenvalue weighted by molar-refractivity contribution is -0.384. The number of fused-ring (bicyclic) bond motifs is 1. The summed E-state index contributed by atoms with van der Waals surface area (Å²) in [4.78, 5) is 51.3. The quantitative estimate of drug-likeness (QED) is 0.0564. The lowest BCUT2D eigenvalue weighted by atomic mass is 9.73. The van der Waals surface area contributed by atoms with Crippen LogP contribution in [0.1, 0.15) is 58.7 Å². The zero-order valence-corrected chi connectivity index (χ0v) is 39.3. The smallest absolute Gasteiger partial charge is 0.293 e. The van der Waals surface area contributed by atoms with E-state index in [0.717, 1.165) is 66.6 Å². The largest absolute Gasteiger partial charge is 0.455 e. The van der Waals surface area contributed by atoms with Gasteiger partial charge in [0, 0.05) is 84.6 Å². The number of pyridine rings is 1. The van der Waals surface area contributed by atoms with Crippen molar-refractivity contribution in [3.05, 3.63) is 134 Å². The average Bonchev–Trinajstić information content (AvgIpc) is 4.03. The second kappa shape index (κ2) is 19.9. The predicted octanol–water partition coefficient (Wildman–Crippen LogP) is 8.31. The van der Waals surface area contributed by atoms with Crippen LogP contribution >= 0.6 is 11.3 Å². The minimum absolute atomic E-state index is 0.0680. The van der Waals surface area contributed by atoms with Crippen LogP contribution in [0.3, 0.4) is 0 Å². The number of thiophene rings is 1. The molecule has 4 N–H and O–H groups in total. The molecule has 17 nitrogen and oxygen atoms in total. The van der Waals surface area contributed by atoms with Crippen LogP contribution in [0, 0.1) is 15.5 Å². The molecule has 6 aromatic rings. The first-order valence-electron chi connectivity index (χ1n) is 22.4. The first-order valence-corrected chi connectivity index (χ1v) is 24.8. The summed E-state index contributed by atoms with van der Waals surface area (Å²) in [5.74, 6) is -0.686. The Morgan fingerprint density at radius 3 is 2.60 bits per heavy atom. The van der Waals surface area contributed by atoms with Gasteiger partial charge in [0.15, 0.2) is 0 Å². The maximum atomic E-state index is 14.0. The summed E-state index contributed by atoms with van der Waals surface area (Å²) in [7, 11) is -4.60. The van der Waals surface area contributed by atoms with Gasteiger partial charge in [-0.15, -0.1) is 11.3 Å². The summed E-state index contributed by atoms with van der Waals surface area (Å²) in [5.41, 5.74) is 5.21. The number of nitro groups is 1. The van der Waals surface area contributed by atoms with Gasteiger partial charge in [-0.2, -0.15) is 0 Å². The summed E-state index contributed by atoms with van der Waals surface area (Å²) >= 11 is 1.62. The molecule has 0 spiro atoms. The number of hydrogen-bond acceptors (Lipinski definition) is 14. The molecule has 3 aromatic heterocycles. The Morgan fingerprint density at radius 2 is 1.82 bits per heavy atom. The molecule has 19 heteroatoms. The van der Waals surface area contributed by atoms with Crippen LogP contribution in [-0.4, -0.2) is 105 Å². The van der Waals surface area contributed by atoms with Crippen molar-refractivity contribution in [3.63, 3.8) is 0 Å². The van der Waals surface area contributed by atoms with Gasteiger partial charge < -0.3 is 34.7 Å². The van der Waals surface area contributed by atoms with Gasteiger partial charge >= 0.3 is 0 Å². The van der Waals surface area contributed by atoms with Crippen molar-refractivity contribution in [3.8, 4) is 11.5 Å². The number of nitro benzene ring substituents is 1. The van der Waals surface area contributed by atoms with Gasteiger partial charge in [0.25, 0.3) is 27.5 Å². The van der Waals surface area contributed by atoms with Crippen LogP contribution in [0.5, 0.6) is 11.5 Å². The van der Waals surface area contributed by atoms with E-state index in [1.54, 1.807) is 35.7 Å². The monoisotopic (exact) mass is 960 g/mol. The fourth-order valence-corrected chi connectivity index (χ4v) is 10.7. The number of amides is 2. The van der Waals surface area contributed by atoms with E-state index in [9.17, 15) is 28.1 Å². The molecule has 2 aliphatic heterocycles. The van der Waals surface area contributed by atoms with Gasteiger partial charge in [0.1, 0.15) is 22.8 Å². The van der Waals surface area contributed by atoms with Crippen molar-refractivity contribution in [1.29, 1.82) is 0 Å². The molecule has 0 bridgehead atoms. The SMILES string of the molecule is CC1(C)CCC(CN2CCN(c3ccc(C(=O)NS(=O)(=O)c4ccc(NC[C@H]5COCCO5)c([N+](=O)[O-])c4)c(Oc4cnc5[nH]ccc5c4)c3)CC2)=C(c2cc(C(=O)Nc3ccccc3)cs2)C1. The maximum absolute atomic E-state index is 14.0. The predicted molar refractivity (Wildman–Crippen MR) is 261 cm³/mol. The summed E-state index contributed by atoms with van der Waals surface area (Å²) in [6.07, 6.45) is 5.90. The van der Waals surface area contributed by atoms with Gasteiger partial charge in [-0.25, -0.2) is 18.1 Å². The number of piperazine rings is 1. The van der Waals surface area contributed by atoms with E-state index < -0.39 is 31.4 Å². The molecule has 354 valence electrons. The Kier molecular flexibility index (Phi) is 13.6. The highest BCUT2D eigenvalue weighted by Crippen LogP contribution is 2.45. The Bertz CT molecular complexity index is 2980. The minimum Gasteiger partial charge on any atom is -0.455 e. The normalized spacial score (nSPS) is 17.7. The van der Waals surface area contributed by atoms with Crippen LogP contribution in [0.2, 0.25) is 0 Å². The Labute approximate surface area is 397 Å². The zero-order chi connectivity index (χ0) is 47.4. The van der Waals surface area contributed by atoms with Crippen molar-refractivity contribution < 1.29 is 37.1 Å². The number of carbonyl (C=O) groups excluding carboxylic acids is 2. The van der Waals surface area contributed by atoms with E-state index in [0.29, 0.717) is 49.9 Å². The number of ether oxygens (including phenoxy) is 3. The van der Waals surface area contributed by atoms with Crippen molar-refractivity contribution in [2.24, 2.45) is 5.41 Å². The number of benzene rings is 3. The van der Waals surface area contributed by atoms with Crippen LogP contribution in [0.4, 0.5) is 22.7 Å². The fraction of sp³-hybridized carbons (Fsp3) is 0.327. The lowest BCUT2D eigenvalue weighted by Gasteiger charge is -2.39. The molecule has 1 aliphatic carbocycles. The number of anilines is 3. The van der Waals surface area contributed by atoms with Crippen molar-refractivity contribution >= 4 is 72.5 Å². The molecule has 68 heavy (non-hydrogen) atoms. The minimum atomic E-state index is -4.60. The van der Waals surface area contributed by atoms with Crippen LogP contribution < -0.4 is 25.0 Å². The Morgan fingerprint density at radius 1 is 1.00 bits per heavy atom. The van der Waals surface area contributed by atoms with Gasteiger partial charge in [-0.1, -0.05) is 37.6 Å². The number of nitrogens with zero attached hydrogens (tertiary/aromatic N) is 4. The van der Waals surface area contributed by atoms with Crippen molar-refractivity contribution in [2.75, 3.05) is 74.6 Å². The molecule has 2 saturated heterocycles. The molecule has 2 amide bonds. The van der Waals surface area contributed by atoms with Crippen LogP contribution in [0.25, 0.3) is 16.6 Å². The molecule has 9 rings (SSSR count). The lowest BCUT2D eigenvalue weighted by Crippen LogP contribution is -2.47. The summed E-state index contributed by atoms with van der Waals surface area (Å²) < 4.78 is 46.8. The first-order chi connectivity index (χ1) is 32.8. The molecular weight excluding hydrogens is 909 g/mol. The average molecular weight is 961 g/mol. The van der Waals surface area contributed by atoms with Gasteiger partial charge in [0.05, 0.1) is 53.1 Å². The zero-order valence-electron chi connectivity index (χ0n) is 37.7. The number of H-pyrrole nitrogens is 1. The molecule has 0 radical (unpaired) electrons. The van der Waals surface area contributed by atoms with E-state index in [-0.39, 0.29) is 41.0 Å². The standard InChI is InChI=1S/C49H52N8O9S2/c1-49(2)14-12-33(41(26-49)45-23-34(31-67-45)47(58)53-35-6-4-3-5-7-35)29-55-16-18-56(19-17-55)36-8-10-40(44(24-36)66-37-22-32-13-15-50-46(32)52-27-37)48(59)54-68(62,63)39-9-11-42(43(25-39)57(60)61)51-28-38-30-64-20-21-65-38/h3-11,13,15,22-25,27,31,38,51H,12,14,16-21,26,28-30H2,1-2H3,(H,50,52)(H,53,58)(H,54,59)/t38-/m0/s1. The van der Waals surface area contributed by atoms with Crippen molar-refractivity contribution in [1.82, 2.24) is 19.6 Å². The topological polar surface area (TPSA) is 210 Å². The Balaban J connectivity index is 0.911. The van der Waals surface area contributed by atoms with Crippen LogP contribution in [-0.2, 0) is 19.5 Å². The van der Waals surface area contributed by atoms with E-state index in [4.69, 9.17) is 14.2 Å². The number of sulfonamides is 1. The summed E-state index contributed by atoms with van der Waals surface area (Å²) in [6, 6.07) is 23.5. The van der Waals surface area contributed by atoms with E-state index in [1.165, 1.54) is 35.5 Å². The number of aromatic nitrogens is 2. The number of nitrogens with one attached hydrogen (secondary N) is 4. The molecule has 0 unspecified atom stereocenters. The number of carbonyl (C=O) groups is 2. The molecule has 2 fully saturated rings.